The number of fused-ring (bicyclic) bond motifs is 1. The van der Waals surface area contributed by atoms with E-state index in [2.05, 4.69) is 25.7 Å². The summed E-state index contributed by atoms with van der Waals surface area (Å²) in [4.78, 5) is 43.0. The average molecular weight is 348 g/mol. The van der Waals surface area contributed by atoms with E-state index in [0.29, 0.717) is 6.42 Å². The summed E-state index contributed by atoms with van der Waals surface area (Å²) < 4.78 is 1.41. The van der Waals surface area contributed by atoms with E-state index in [-0.39, 0.29) is 24.1 Å². The van der Waals surface area contributed by atoms with E-state index in [1.54, 1.807) is 19.2 Å². The maximum absolute atomic E-state index is 12.1. The molecular weight excluding hydrogens is 328 g/mol. The number of carbonyl (C=O) groups is 3. The first-order valence-corrected chi connectivity index (χ1v) is 7.76. The third-order valence-corrected chi connectivity index (χ3v) is 3.38. The average Bonchev–Trinajstić information content (AvgIpc) is 2.97. The predicted molar refractivity (Wildman–Crippen MR) is 86.9 cm³/mol. The van der Waals surface area contributed by atoms with Crippen LogP contribution in [0.15, 0.2) is 12.3 Å². The normalized spacial score (nSPS) is 12.2. The Labute approximate surface area is 143 Å². The highest BCUT2D eigenvalue weighted by Crippen LogP contribution is 2.05. The molecule has 0 saturated carbocycles. The molecule has 0 saturated heterocycles. The van der Waals surface area contributed by atoms with Crippen molar-refractivity contribution >= 4 is 23.6 Å². The van der Waals surface area contributed by atoms with Crippen molar-refractivity contribution in [3.05, 3.63) is 23.8 Å². The fourth-order valence-corrected chi connectivity index (χ4v) is 2.18. The first-order chi connectivity index (χ1) is 11.8. The van der Waals surface area contributed by atoms with Gasteiger partial charge in [-0.2, -0.15) is 4.98 Å². The number of carboxylic acids is 1. The SMILES string of the molecule is Cc1ccnc2nc(C(=O)NCC(=O)N[C@@H](CC(C)C)C(=O)O)nn12. The number of aromatic nitrogens is 4. The number of aliphatic carboxylic acids is 1. The number of hydrogen-bond acceptors (Lipinski definition) is 6. The van der Waals surface area contributed by atoms with E-state index in [0.717, 1.165) is 5.69 Å². The van der Waals surface area contributed by atoms with Crippen molar-refractivity contribution < 1.29 is 19.5 Å². The second-order valence-corrected chi connectivity index (χ2v) is 6.00. The zero-order valence-electron chi connectivity index (χ0n) is 14.2. The van der Waals surface area contributed by atoms with E-state index in [1.165, 1.54) is 4.52 Å². The van der Waals surface area contributed by atoms with Crippen molar-refractivity contribution in [2.45, 2.75) is 33.2 Å². The fourth-order valence-electron chi connectivity index (χ4n) is 2.18. The molecule has 134 valence electrons. The molecule has 0 unspecified atom stereocenters. The van der Waals surface area contributed by atoms with Crippen LogP contribution in [-0.4, -0.2) is 55.1 Å². The molecule has 1 atom stereocenters. The van der Waals surface area contributed by atoms with Crippen LogP contribution in [0.1, 0.15) is 36.6 Å². The summed E-state index contributed by atoms with van der Waals surface area (Å²) in [5.41, 5.74) is 0.757. The van der Waals surface area contributed by atoms with Gasteiger partial charge in [0.1, 0.15) is 6.04 Å². The summed E-state index contributed by atoms with van der Waals surface area (Å²) in [6.45, 7) is 5.13. The molecule has 0 bridgehead atoms. The molecule has 2 heterocycles. The van der Waals surface area contributed by atoms with Crippen LogP contribution >= 0.6 is 0 Å². The molecule has 2 aromatic rings. The lowest BCUT2D eigenvalue weighted by Crippen LogP contribution is -2.46. The fraction of sp³-hybridized carbons (Fsp3) is 0.467. The summed E-state index contributed by atoms with van der Waals surface area (Å²) in [5, 5.41) is 17.9. The highest BCUT2D eigenvalue weighted by atomic mass is 16.4. The molecule has 0 radical (unpaired) electrons. The van der Waals surface area contributed by atoms with Crippen LogP contribution in [0.5, 0.6) is 0 Å². The van der Waals surface area contributed by atoms with Gasteiger partial charge in [0.05, 0.1) is 6.54 Å². The van der Waals surface area contributed by atoms with Gasteiger partial charge in [0.15, 0.2) is 0 Å². The summed E-state index contributed by atoms with van der Waals surface area (Å²) in [6.07, 6.45) is 1.85. The molecule has 2 aromatic heterocycles. The number of carboxylic acid groups (broad SMARTS) is 1. The Hall–Kier alpha value is -3.04. The third-order valence-electron chi connectivity index (χ3n) is 3.38. The zero-order valence-corrected chi connectivity index (χ0v) is 14.2. The minimum Gasteiger partial charge on any atom is -0.480 e. The molecule has 0 fully saturated rings. The lowest BCUT2D eigenvalue weighted by Gasteiger charge is -2.16. The Morgan fingerprint density at radius 2 is 2.04 bits per heavy atom. The summed E-state index contributed by atoms with van der Waals surface area (Å²) in [5.74, 6) is -2.09. The molecule has 0 aliphatic carbocycles. The van der Waals surface area contributed by atoms with Crippen molar-refractivity contribution in [3.8, 4) is 0 Å². The maximum Gasteiger partial charge on any atom is 0.326 e. The minimum absolute atomic E-state index is 0.105. The monoisotopic (exact) mass is 348 g/mol. The Morgan fingerprint density at radius 1 is 1.32 bits per heavy atom. The van der Waals surface area contributed by atoms with Crippen LogP contribution in [-0.2, 0) is 9.59 Å². The van der Waals surface area contributed by atoms with E-state index in [1.807, 2.05) is 13.8 Å². The first kappa shape index (κ1) is 18.3. The van der Waals surface area contributed by atoms with Crippen LogP contribution < -0.4 is 10.6 Å². The van der Waals surface area contributed by atoms with E-state index in [9.17, 15) is 14.4 Å². The molecule has 0 aliphatic rings. The van der Waals surface area contributed by atoms with Crippen LogP contribution in [0.25, 0.3) is 5.78 Å². The molecule has 10 heteroatoms. The van der Waals surface area contributed by atoms with Crippen LogP contribution in [0.2, 0.25) is 0 Å². The van der Waals surface area contributed by atoms with Crippen LogP contribution in [0, 0.1) is 12.8 Å². The lowest BCUT2D eigenvalue weighted by atomic mass is 10.0. The highest BCUT2D eigenvalue weighted by Gasteiger charge is 2.22. The van der Waals surface area contributed by atoms with E-state index >= 15 is 0 Å². The van der Waals surface area contributed by atoms with Crippen molar-refractivity contribution in [3.63, 3.8) is 0 Å². The van der Waals surface area contributed by atoms with Gasteiger partial charge in [-0.25, -0.2) is 14.3 Å². The lowest BCUT2D eigenvalue weighted by molar-refractivity contribution is -0.142. The topological polar surface area (TPSA) is 139 Å². The molecule has 3 N–H and O–H groups in total. The van der Waals surface area contributed by atoms with Gasteiger partial charge in [-0.1, -0.05) is 13.8 Å². The number of hydrogen-bond donors (Lipinski definition) is 3. The predicted octanol–water partition coefficient (Wildman–Crippen LogP) is -0.222. The summed E-state index contributed by atoms with van der Waals surface area (Å²) in [6, 6.07) is 0.724. The van der Waals surface area contributed by atoms with Gasteiger partial charge in [-0.15, -0.1) is 5.10 Å². The zero-order chi connectivity index (χ0) is 18.6. The molecule has 2 amide bonds. The second kappa shape index (κ2) is 7.69. The van der Waals surface area contributed by atoms with Gasteiger partial charge in [0, 0.05) is 11.9 Å². The van der Waals surface area contributed by atoms with Crippen LogP contribution in [0.3, 0.4) is 0 Å². The van der Waals surface area contributed by atoms with Gasteiger partial charge in [-0.3, -0.25) is 9.59 Å². The van der Waals surface area contributed by atoms with Crippen molar-refractivity contribution in [2.24, 2.45) is 5.92 Å². The van der Waals surface area contributed by atoms with Crippen LogP contribution in [0.4, 0.5) is 0 Å². The Balaban J connectivity index is 1.95. The smallest absolute Gasteiger partial charge is 0.326 e. The number of aryl methyl sites for hydroxylation is 1. The van der Waals surface area contributed by atoms with Gasteiger partial charge < -0.3 is 15.7 Å². The number of amides is 2. The summed E-state index contributed by atoms with van der Waals surface area (Å²) in [7, 11) is 0. The quantitative estimate of drug-likeness (QED) is 0.628. The van der Waals surface area contributed by atoms with Gasteiger partial charge in [0.25, 0.3) is 11.7 Å². The summed E-state index contributed by atoms with van der Waals surface area (Å²) >= 11 is 0. The Bertz CT molecular complexity index is 800. The number of nitrogens with one attached hydrogen (secondary N) is 2. The van der Waals surface area contributed by atoms with Gasteiger partial charge in [0.2, 0.25) is 11.7 Å². The maximum atomic E-state index is 12.1. The number of nitrogens with zero attached hydrogens (tertiary/aromatic N) is 4. The first-order valence-electron chi connectivity index (χ1n) is 7.76. The highest BCUT2D eigenvalue weighted by molar-refractivity contribution is 5.94. The minimum atomic E-state index is -1.11. The van der Waals surface area contributed by atoms with Crippen molar-refractivity contribution in [1.29, 1.82) is 0 Å². The molecule has 2 rings (SSSR count). The standard InChI is InChI=1S/C15H20N6O4/c1-8(2)6-10(14(24)25)18-11(22)7-17-13(23)12-19-15-16-5-4-9(3)21(15)20-12/h4-5,8,10H,6-7H2,1-3H3,(H,17,23)(H,18,22)(H,24,25)/t10-/m0/s1. The molecule has 0 spiro atoms. The molecule has 10 nitrogen and oxygen atoms in total. The Kier molecular flexibility index (Phi) is 5.63. The molecule has 0 aliphatic heterocycles. The molecule has 25 heavy (non-hydrogen) atoms. The van der Waals surface area contributed by atoms with E-state index < -0.39 is 23.8 Å². The van der Waals surface area contributed by atoms with E-state index in [4.69, 9.17) is 5.11 Å². The number of rotatable bonds is 7. The molecular formula is C15H20N6O4. The largest absolute Gasteiger partial charge is 0.480 e. The van der Waals surface area contributed by atoms with Gasteiger partial charge in [-0.05, 0) is 25.3 Å². The number of carbonyl (C=O) groups excluding carboxylic acids is 2. The molecule has 0 aromatic carbocycles. The Morgan fingerprint density at radius 3 is 2.64 bits per heavy atom. The second-order valence-electron chi connectivity index (χ2n) is 6.00. The van der Waals surface area contributed by atoms with Crippen molar-refractivity contribution in [1.82, 2.24) is 30.2 Å². The van der Waals surface area contributed by atoms with Gasteiger partial charge >= 0.3 is 5.97 Å². The third kappa shape index (κ3) is 4.72. The van der Waals surface area contributed by atoms with Crippen molar-refractivity contribution in [2.75, 3.05) is 6.54 Å².